The van der Waals surface area contributed by atoms with Gasteiger partial charge in [-0.3, -0.25) is 14.4 Å². The molecule has 2 amide bonds. The fourth-order valence-corrected chi connectivity index (χ4v) is 2.27. The summed E-state index contributed by atoms with van der Waals surface area (Å²) in [4.78, 5) is 28.5. The van der Waals surface area contributed by atoms with Crippen molar-refractivity contribution in [2.75, 3.05) is 6.54 Å². The molecule has 0 heterocycles. The summed E-state index contributed by atoms with van der Waals surface area (Å²) in [6.45, 7) is -0.127. The second-order valence-electron chi connectivity index (χ2n) is 4.74. The molecule has 0 aliphatic heterocycles. The Hall–Kier alpha value is -1.59. The average Bonchev–Trinajstić information content (AvgIpc) is 2.95. The van der Waals surface area contributed by atoms with Gasteiger partial charge in [-0.1, -0.05) is 30.5 Å². The third-order valence-electron chi connectivity index (χ3n) is 3.14. The molecule has 1 aromatic rings. The van der Waals surface area contributed by atoms with E-state index in [0.717, 1.165) is 25.7 Å². The maximum atomic E-state index is 11.8. The molecule has 0 unspecified atom stereocenters. The third kappa shape index (κ3) is 4.51. The first-order chi connectivity index (χ1) is 9.65. The Labute approximate surface area is 122 Å². The van der Waals surface area contributed by atoms with Crippen LogP contribution in [0.2, 0.25) is 5.02 Å². The molecule has 108 valence electrons. The standard InChI is InChI=1S/C14H17ClN2O3/c15-11-5-3-4-10(8-11)14(19)16-9-13(18)17-20-12-6-1-2-7-12/h3-5,8,12H,1-2,6-7,9H2,(H,16,19)(H,17,18). The number of amides is 2. The van der Waals surface area contributed by atoms with Crippen molar-refractivity contribution >= 4 is 23.4 Å². The molecular formula is C14H17ClN2O3. The Morgan fingerprint density at radius 2 is 2.05 bits per heavy atom. The number of benzene rings is 1. The van der Waals surface area contributed by atoms with E-state index in [1.165, 1.54) is 0 Å². The number of rotatable bonds is 5. The molecule has 6 heteroatoms. The van der Waals surface area contributed by atoms with Gasteiger partial charge in [0.1, 0.15) is 0 Å². The quantitative estimate of drug-likeness (QED) is 0.817. The second kappa shape index (κ2) is 7.26. The minimum Gasteiger partial charge on any atom is -0.343 e. The van der Waals surface area contributed by atoms with Gasteiger partial charge < -0.3 is 5.32 Å². The molecule has 0 saturated heterocycles. The lowest BCUT2D eigenvalue weighted by atomic mass is 10.2. The number of hydroxylamine groups is 1. The zero-order chi connectivity index (χ0) is 14.4. The highest BCUT2D eigenvalue weighted by molar-refractivity contribution is 6.30. The van der Waals surface area contributed by atoms with Gasteiger partial charge in [-0.05, 0) is 31.0 Å². The van der Waals surface area contributed by atoms with Crippen LogP contribution in [0.5, 0.6) is 0 Å². The van der Waals surface area contributed by atoms with Gasteiger partial charge in [-0.2, -0.15) is 0 Å². The number of carbonyl (C=O) groups is 2. The minimum absolute atomic E-state index is 0.0996. The number of carbonyl (C=O) groups excluding carboxylic acids is 2. The number of halogens is 1. The molecule has 5 nitrogen and oxygen atoms in total. The van der Waals surface area contributed by atoms with Crippen molar-refractivity contribution < 1.29 is 14.4 Å². The summed E-state index contributed by atoms with van der Waals surface area (Å²) in [5.74, 6) is -0.712. The molecule has 2 rings (SSSR count). The van der Waals surface area contributed by atoms with Crippen molar-refractivity contribution in [1.29, 1.82) is 0 Å². The SMILES string of the molecule is O=C(CNC(=O)c1cccc(Cl)c1)NOC1CCCC1. The van der Waals surface area contributed by atoms with Crippen molar-refractivity contribution in [2.45, 2.75) is 31.8 Å². The first-order valence-corrected chi connectivity index (χ1v) is 7.01. The second-order valence-corrected chi connectivity index (χ2v) is 5.18. The Bertz CT molecular complexity index is 487. The van der Waals surface area contributed by atoms with Crippen LogP contribution < -0.4 is 10.8 Å². The van der Waals surface area contributed by atoms with Crippen molar-refractivity contribution in [2.24, 2.45) is 0 Å². The topological polar surface area (TPSA) is 67.4 Å². The molecule has 1 fully saturated rings. The summed E-state index contributed by atoms with van der Waals surface area (Å²) in [5, 5.41) is 2.99. The van der Waals surface area contributed by atoms with Gasteiger partial charge >= 0.3 is 0 Å². The summed E-state index contributed by atoms with van der Waals surface area (Å²) in [6, 6.07) is 6.54. The third-order valence-corrected chi connectivity index (χ3v) is 3.37. The van der Waals surface area contributed by atoms with E-state index in [2.05, 4.69) is 10.8 Å². The van der Waals surface area contributed by atoms with Crippen LogP contribution in [-0.4, -0.2) is 24.5 Å². The van der Waals surface area contributed by atoms with Crippen LogP contribution in [0, 0.1) is 0 Å². The van der Waals surface area contributed by atoms with E-state index < -0.39 is 0 Å². The molecule has 0 bridgehead atoms. The van der Waals surface area contributed by atoms with Gasteiger partial charge in [-0.25, -0.2) is 5.48 Å². The van der Waals surface area contributed by atoms with Gasteiger partial charge in [0, 0.05) is 10.6 Å². The van der Waals surface area contributed by atoms with E-state index in [4.69, 9.17) is 16.4 Å². The van der Waals surface area contributed by atoms with E-state index in [-0.39, 0.29) is 24.5 Å². The van der Waals surface area contributed by atoms with E-state index in [1.54, 1.807) is 24.3 Å². The maximum absolute atomic E-state index is 11.8. The highest BCUT2D eigenvalue weighted by atomic mass is 35.5. The molecule has 20 heavy (non-hydrogen) atoms. The molecule has 0 atom stereocenters. The first-order valence-electron chi connectivity index (χ1n) is 6.63. The highest BCUT2D eigenvalue weighted by Crippen LogP contribution is 2.19. The fraction of sp³-hybridized carbons (Fsp3) is 0.429. The summed E-state index contributed by atoms with van der Waals surface area (Å²) in [7, 11) is 0. The molecule has 1 aliphatic rings. The molecule has 0 spiro atoms. The van der Waals surface area contributed by atoms with Gasteiger partial charge in [0.2, 0.25) is 0 Å². The molecule has 2 N–H and O–H groups in total. The van der Waals surface area contributed by atoms with Crippen molar-refractivity contribution in [3.8, 4) is 0 Å². The van der Waals surface area contributed by atoms with Gasteiger partial charge in [0.15, 0.2) is 0 Å². The number of hydrogen-bond acceptors (Lipinski definition) is 3. The average molecular weight is 297 g/mol. The van der Waals surface area contributed by atoms with Gasteiger partial charge in [0.05, 0.1) is 12.6 Å². The number of hydrogen-bond donors (Lipinski definition) is 2. The molecular weight excluding hydrogens is 280 g/mol. The zero-order valence-electron chi connectivity index (χ0n) is 11.0. The van der Waals surface area contributed by atoms with Gasteiger partial charge in [0.25, 0.3) is 11.8 Å². The lowest BCUT2D eigenvalue weighted by Crippen LogP contribution is -2.38. The summed E-state index contributed by atoms with van der Waals surface area (Å²) in [6.07, 6.45) is 4.30. The lowest BCUT2D eigenvalue weighted by Gasteiger charge is -2.11. The molecule has 0 aromatic heterocycles. The Kier molecular flexibility index (Phi) is 5.38. The van der Waals surface area contributed by atoms with Crippen molar-refractivity contribution in [3.05, 3.63) is 34.9 Å². The summed E-state index contributed by atoms with van der Waals surface area (Å²) < 4.78 is 0. The normalized spacial score (nSPS) is 15.1. The van der Waals surface area contributed by atoms with Crippen LogP contribution in [0.15, 0.2) is 24.3 Å². The maximum Gasteiger partial charge on any atom is 0.262 e. The predicted octanol–water partition coefficient (Wildman–Crippen LogP) is 2.06. The molecule has 0 radical (unpaired) electrons. The Morgan fingerprint density at radius 1 is 1.30 bits per heavy atom. The zero-order valence-corrected chi connectivity index (χ0v) is 11.8. The molecule has 1 aliphatic carbocycles. The smallest absolute Gasteiger partial charge is 0.262 e. The van der Waals surface area contributed by atoms with E-state index in [1.807, 2.05) is 0 Å². The Balaban J connectivity index is 1.71. The van der Waals surface area contributed by atoms with Gasteiger partial charge in [-0.15, -0.1) is 0 Å². The number of nitrogens with one attached hydrogen (secondary N) is 2. The van der Waals surface area contributed by atoms with E-state index >= 15 is 0 Å². The predicted molar refractivity (Wildman–Crippen MR) is 75.3 cm³/mol. The first kappa shape index (κ1) is 14.8. The van der Waals surface area contributed by atoms with E-state index in [9.17, 15) is 9.59 Å². The highest BCUT2D eigenvalue weighted by Gasteiger charge is 2.17. The fourth-order valence-electron chi connectivity index (χ4n) is 2.08. The minimum atomic E-state index is -0.368. The van der Waals surface area contributed by atoms with Crippen LogP contribution in [0.1, 0.15) is 36.0 Å². The largest absolute Gasteiger partial charge is 0.343 e. The van der Waals surface area contributed by atoms with E-state index in [0.29, 0.717) is 10.6 Å². The molecule has 1 saturated carbocycles. The summed E-state index contributed by atoms with van der Waals surface area (Å²) in [5.41, 5.74) is 2.78. The van der Waals surface area contributed by atoms with Crippen LogP contribution >= 0.6 is 11.6 Å². The van der Waals surface area contributed by atoms with Crippen LogP contribution in [0.4, 0.5) is 0 Å². The van der Waals surface area contributed by atoms with Crippen LogP contribution in [0.3, 0.4) is 0 Å². The van der Waals surface area contributed by atoms with Crippen LogP contribution in [0.25, 0.3) is 0 Å². The van der Waals surface area contributed by atoms with Crippen LogP contribution in [-0.2, 0) is 9.63 Å². The summed E-state index contributed by atoms with van der Waals surface area (Å²) >= 11 is 5.79. The monoisotopic (exact) mass is 296 g/mol. The van der Waals surface area contributed by atoms with Crippen molar-refractivity contribution in [3.63, 3.8) is 0 Å². The molecule has 1 aromatic carbocycles. The Morgan fingerprint density at radius 3 is 2.75 bits per heavy atom. The lowest BCUT2D eigenvalue weighted by molar-refractivity contribution is -0.137. The van der Waals surface area contributed by atoms with Crippen molar-refractivity contribution in [1.82, 2.24) is 10.8 Å².